The van der Waals surface area contributed by atoms with Gasteiger partial charge in [0.05, 0.1) is 6.10 Å². The van der Waals surface area contributed by atoms with Gasteiger partial charge >= 0.3 is 12.0 Å². The van der Waals surface area contributed by atoms with E-state index in [1.165, 1.54) is 6.92 Å². The van der Waals surface area contributed by atoms with Gasteiger partial charge in [-0.05, 0) is 19.8 Å². The van der Waals surface area contributed by atoms with E-state index in [0.29, 0.717) is 0 Å². The van der Waals surface area contributed by atoms with Crippen LogP contribution in [0.3, 0.4) is 0 Å². The van der Waals surface area contributed by atoms with Crippen molar-refractivity contribution in [2.24, 2.45) is 0 Å². The van der Waals surface area contributed by atoms with Crippen molar-refractivity contribution < 1.29 is 19.8 Å². The molecule has 0 rings (SSSR count). The minimum atomic E-state index is -1.28. The van der Waals surface area contributed by atoms with Crippen LogP contribution in [0.1, 0.15) is 52.9 Å². The highest BCUT2D eigenvalue weighted by Gasteiger charge is 2.25. The Morgan fingerprint density at radius 2 is 1.74 bits per heavy atom. The molecule has 0 aromatic carbocycles. The minimum Gasteiger partial charge on any atom is -0.480 e. The van der Waals surface area contributed by atoms with Gasteiger partial charge in [0.15, 0.2) is 6.04 Å². The summed E-state index contributed by atoms with van der Waals surface area (Å²) in [5.74, 6) is -1.24. The highest BCUT2D eigenvalue weighted by molar-refractivity contribution is 5.83. The van der Waals surface area contributed by atoms with Crippen LogP contribution in [0.5, 0.6) is 0 Å². The predicted molar refractivity (Wildman–Crippen MR) is 73.0 cm³/mol. The van der Waals surface area contributed by atoms with Crippen LogP contribution in [0.15, 0.2) is 0 Å². The lowest BCUT2D eigenvalue weighted by Crippen LogP contribution is -2.53. The van der Waals surface area contributed by atoms with Gasteiger partial charge in [0.1, 0.15) is 0 Å². The van der Waals surface area contributed by atoms with E-state index in [2.05, 4.69) is 17.6 Å². The molecule has 0 aliphatic heterocycles. The van der Waals surface area contributed by atoms with E-state index >= 15 is 0 Å². The molecule has 0 radical (unpaired) electrons. The van der Waals surface area contributed by atoms with Crippen LogP contribution >= 0.6 is 0 Å². The number of hydrogen-bond acceptors (Lipinski definition) is 3. The first kappa shape index (κ1) is 17.7. The molecule has 2 amide bonds. The third-order valence-corrected chi connectivity index (χ3v) is 2.91. The Morgan fingerprint density at radius 1 is 1.11 bits per heavy atom. The molecule has 3 atom stereocenters. The zero-order valence-electron chi connectivity index (χ0n) is 12.0. The van der Waals surface area contributed by atoms with Crippen molar-refractivity contribution >= 4 is 12.0 Å². The van der Waals surface area contributed by atoms with Gasteiger partial charge in [-0.2, -0.15) is 0 Å². The van der Waals surface area contributed by atoms with E-state index in [1.54, 1.807) is 0 Å². The number of aliphatic carboxylic acids is 1. The summed E-state index contributed by atoms with van der Waals surface area (Å²) in [7, 11) is 0. The fourth-order valence-corrected chi connectivity index (χ4v) is 1.84. The van der Waals surface area contributed by atoms with E-state index < -0.39 is 24.1 Å². The Morgan fingerprint density at radius 3 is 2.16 bits per heavy atom. The van der Waals surface area contributed by atoms with E-state index in [1.807, 2.05) is 6.92 Å². The van der Waals surface area contributed by atoms with Crippen molar-refractivity contribution in [3.05, 3.63) is 0 Å². The molecule has 6 heteroatoms. The fraction of sp³-hybridized carbons (Fsp3) is 0.846. The molecule has 19 heavy (non-hydrogen) atoms. The molecule has 3 unspecified atom stereocenters. The Kier molecular flexibility index (Phi) is 8.95. The number of urea groups is 1. The molecule has 0 fully saturated rings. The summed E-state index contributed by atoms with van der Waals surface area (Å²) in [6, 6.07) is -1.77. The van der Waals surface area contributed by atoms with Crippen LogP contribution in [0.4, 0.5) is 4.79 Å². The summed E-state index contributed by atoms with van der Waals surface area (Å²) in [6.07, 6.45) is 3.62. The molecular weight excluding hydrogens is 248 g/mol. The van der Waals surface area contributed by atoms with Crippen molar-refractivity contribution in [1.82, 2.24) is 10.6 Å². The van der Waals surface area contributed by atoms with E-state index in [9.17, 15) is 14.7 Å². The molecule has 0 saturated carbocycles. The number of carboxylic acid groups (broad SMARTS) is 1. The largest absolute Gasteiger partial charge is 0.480 e. The number of carbonyl (C=O) groups excluding carboxylic acids is 1. The first-order chi connectivity index (χ1) is 8.92. The van der Waals surface area contributed by atoms with Gasteiger partial charge in [-0.1, -0.05) is 33.1 Å². The van der Waals surface area contributed by atoms with Gasteiger partial charge in [-0.25, -0.2) is 9.59 Å². The molecule has 0 bridgehead atoms. The highest BCUT2D eigenvalue weighted by atomic mass is 16.4. The molecule has 0 aromatic heterocycles. The average Bonchev–Trinajstić information content (AvgIpc) is 2.32. The topological polar surface area (TPSA) is 98.7 Å². The summed E-state index contributed by atoms with van der Waals surface area (Å²) < 4.78 is 0. The van der Waals surface area contributed by atoms with Gasteiger partial charge in [-0.3, -0.25) is 0 Å². The second-order valence-electron chi connectivity index (χ2n) is 4.80. The number of hydrogen-bond donors (Lipinski definition) is 4. The molecule has 0 aliphatic rings. The molecule has 112 valence electrons. The van der Waals surface area contributed by atoms with Gasteiger partial charge < -0.3 is 20.8 Å². The maximum atomic E-state index is 11.7. The molecule has 4 N–H and O–H groups in total. The SMILES string of the molecule is CCCCC(CCC)NC(=O)NC(C(=O)O)C(C)O. The number of carboxylic acids is 1. The quantitative estimate of drug-likeness (QED) is 0.512. The second-order valence-corrected chi connectivity index (χ2v) is 4.80. The lowest BCUT2D eigenvalue weighted by molar-refractivity contribution is -0.141. The third-order valence-electron chi connectivity index (χ3n) is 2.91. The summed E-state index contributed by atoms with van der Waals surface area (Å²) in [5, 5.41) is 23.2. The number of nitrogens with one attached hydrogen (secondary N) is 2. The fourth-order valence-electron chi connectivity index (χ4n) is 1.84. The van der Waals surface area contributed by atoms with Crippen molar-refractivity contribution in [2.75, 3.05) is 0 Å². The normalized spacial score (nSPS) is 15.4. The molecule has 0 aliphatic carbocycles. The number of aliphatic hydroxyl groups excluding tert-OH is 1. The molecule has 0 saturated heterocycles. The lowest BCUT2D eigenvalue weighted by Gasteiger charge is -2.21. The Hall–Kier alpha value is -1.30. The molecular formula is C13H26N2O4. The van der Waals surface area contributed by atoms with Crippen LogP contribution in [0, 0.1) is 0 Å². The summed E-state index contributed by atoms with van der Waals surface area (Å²) >= 11 is 0. The monoisotopic (exact) mass is 274 g/mol. The van der Waals surface area contributed by atoms with Gasteiger partial charge in [0, 0.05) is 6.04 Å². The molecule has 6 nitrogen and oxygen atoms in total. The van der Waals surface area contributed by atoms with Gasteiger partial charge in [0.2, 0.25) is 0 Å². The first-order valence-corrected chi connectivity index (χ1v) is 6.90. The highest BCUT2D eigenvalue weighted by Crippen LogP contribution is 2.06. The molecule has 0 heterocycles. The van der Waals surface area contributed by atoms with Crippen molar-refractivity contribution in [3.63, 3.8) is 0 Å². The number of rotatable bonds is 9. The molecule has 0 spiro atoms. The summed E-state index contributed by atoms with van der Waals surface area (Å²) in [6.45, 7) is 5.45. The maximum Gasteiger partial charge on any atom is 0.328 e. The number of aliphatic hydroxyl groups is 1. The number of unbranched alkanes of at least 4 members (excludes halogenated alkanes) is 1. The smallest absolute Gasteiger partial charge is 0.328 e. The Bertz CT molecular complexity index is 282. The lowest BCUT2D eigenvalue weighted by atomic mass is 10.1. The minimum absolute atomic E-state index is 0.0494. The summed E-state index contributed by atoms with van der Waals surface area (Å²) in [4.78, 5) is 22.6. The first-order valence-electron chi connectivity index (χ1n) is 6.90. The Balaban J connectivity index is 4.34. The number of amides is 2. The zero-order chi connectivity index (χ0) is 14.8. The van der Waals surface area contributed by atoms with E-state index in [0.717, 1.165) is 32.1 Å². The van der Waals surface area contributed by atoms with Gasteiger partial charge in [0.25, 0.3) is 0 Å². The van der Waals surface area contributed by atoms with Crippen LogP contribution in [0.25, 0.3) is 0 Å². The van der Waals surface area contributed by atoms with Crippen LogP contribution in [-0.4, -0.2) is 40.4 Å². The van der Waals surface area contributed by atoms with Crippen LogP contribution in [0.2, 0.25) is 0 Å². The van der Waals surface area contributed by atoms with Crippen molar-refractivity contribution in [3.8, 4) is 0 Å². The third kappa shape index (κ3) is 7.66. The number of carbonyl (C=O) groups is 2. The maximum absolute atomic E-state index is 11.7. The van der Waals surface area contributed by atoms with Crippen LogP contribution in [-0.2, 0) is 4.79 Å². The second kappa shape index (κ2) is 9.61. The van der Waals surface area contributed by atoms with E-state index in [-0.39, 0.29) is 6.04 Å². The Labute approximate surface area is 114 Å². The standard InChI is InChI=1S/C13H26N2O4/c1-4-6-8-10(7-5-2)14-13(19)15-11(9(3)16)12(17)18/h9-11,16H,4-8H2,1-3H3,(H,17,18)(H2,14,15,19). The van der Waals surface area contributed by atoms with Crippen molar-refractivity contribution in [1.29, 1.82) is 0 Å². The zero-order valence-corrected chi connectivity index (χ0v) is 12.0. The van der Waals surface area contributed by atoms with Crippen molar-refractivity contribution in [2.45, 2.75) is 71.1 Å². The van der Waals surface area contributed by atoms with Gasteiger partial charge in [-0.15, -0.1) is 0 Å². The molecule has 0 aromatic rings. The van der Waals surface area contributed by atoms with E-state index in [4.69, 9.17) is 5.11 Å². The average molecular weight is 274 g/mol. The predicted octanol–water partition coefficient (Wildman–Crippen LogP) is 1.48. The summed E-state index contributed by atoms with van der Waals surface area (Å²) in [5.41, 5.74) is 0. The van der Waals surface area contributed by atoms with Crippen LogP contribution < -0.4 is 10.6 Å².